The smallest absolute Gasteiger partial charge is 0.297 e. The zero-order chi connectivity index (χ0) is 20.1. The SMILES string of the molecule is CC1=CC(C)(C)Nc2c(C(=O)N=Nc3c(O)[nH]c4ccccc34)cc(C)cc21. The van der Waals surface area contributed by atoms with Crippen LogP contribution in [0.2, 0.25) is 0 Å². The van der Waals surface area contributed by atoms with Crippen LogP contribution in [0.15, 0.2) is 52.7 Å². The highest BCUT2D eigenvalue weighted by molar-refractivity contribution is 6.04. The Bertz CT molecular complexity index is 1170. The average Bonchev–Trinajstić information content (AvgIpc) is 2.94. The van der Waals surface area contributed by atoms with Gasteiger partial charge in [-0.15, -0.1) is 10.2 Å². The fourth-order valence-corrected chi connectivity index (χ4v) is 3.74. The summed E-state index contributed by atoms with van der Waals surface area (Å²) in [5.74, 6) is -0.565. The Labute approximate surface area is 163 Å². The highest BCUT2D eigenvalue weighted by atomic mass is 16.3. The molecule has 1 aliphatic heterocycles. The zero-order valence-corrected chi connectivity index (χ0v) is 16.3. The number of hydrogen-bond donors (Lipinski definition) is 3. The van der Waals surface area contributed by atoms with Gasteiger partial charge in [0.2, 0.25) is 5.88 Å². The summed E-state index contributed by atoms with van der Waals surface area (Å²) < 4.78 is 0. The summed E-state index contributed by atoms with van der Waals surface area (Å²) in [6, 6.07) is 11.2. The maximum absolute atomic E-state index is 12.9. The maximum atomic E-state index is 12.9. The molecule has 3 N–H and O–H groups in total. The number of carbonyl (C=O) groups excluding carboxylic acids is 1. The Kier molecular flexibility index (Phi) is 4.07. The van der Waals surface area contributed by atoms with Crippen LogP contribution >= 0.6 is 0 Å². The largest absolute Gasteiger partial charge is 0.493 e. The lowest BCUT2D eigenvalue weighted by Gasteiger charge is -2.32. The lowest BCUT2D eigenvalue weighted by molar-refractivity contribution is 0.0995. The van der Waals surface area contributed by atoms with Crippen molar-refractivity contribution in [1.29, 1.82) is 0 Å². The first kappa shape index (κ1) is 18.0. The summed E-state index contributed by atoms with van der Waals surface area (Å²) >= 11 is 0. The molecule has 0 atom stereocenters. The van der Waals surface area contributed by atoms with Gasteiger partial charge in [-0.3, -0.25) is 4.79 Å². The molecule has 0 spiro atoms. The fraction of sp³-hybridized carbons (Fsp3) is 0.227. The Morgan fingerprint density at radius 2 is 1.89 bits per heavy atom. The van der Waals surface area contributed by atoms with E-state index in [2.05, 4.69) is 46.5 Å². The van der Waals surface area contributed by atoms with E-state index in [1.54, 1.807) is 0 Å². The third-order valence-electron chi connectivity index (χ3n) is 4.86. The van der Waals surface area contributed by atoms with Gasteiger partial charge in [-0.05, 0) is 57.0 Å². The van der Waals surface area contributed by atoms with Crippen LogP contribution in [0, 0.1) is 6.92 Å². The van der Waals surface area contributed by atoms with E-state index < -0.39 is 5.91 Å². The minimum atomic E-state index is -0.456. The number of carbonyl (C=O) groups is 1. The number of fused-ring (bicyclic) bond motifs is 2. The summed E-state index contributed by atoms with van der Waals surface area (Å²) in [6.45, 7) is 8.10. The van der Waals surface area contributed by atoms with Crippen molar-refractivity contribution in [2.45, 2.75) is 33.2 Å². The molecule has 0 saturated carbocycles. The molecule has 0 radical (unpaired) electrons. The van der Waals surface area contributed by atoms with Gasteiger partial charge in [0.05, 0.1) is 22.3 Å². The third-order valence-corrected chi connectivity index (χ3v) is 4.86. The number of nitrogens with zero attached hydrogens (tertiary/aromatic N) is 2. The number of anilines is 1. The van der Waals surface area contributed by atoms with Gasteiger partial charge < -0.3 is 15.4 Å². The molecule has 1 aromatic heterocycles. The summed E-state index contributed by atoms with van der Waals surface area (Å²) in [7, 11) is 0. The normalized spacial score (nSPS) is 15.4. The van der Waals surface area contributed by atoms with Gasteiger partial charge in [0.1, 0.15) is 0 Å². The van der Waals surface area contributed by atoms with Gasteiger partial charge in [0, 0.05) is 10.9 Å². The number of aryl methyl sites for hydroxylation is 1. The number of hydrogen-bond acceptors (Lipinski definition) is 4. The number of aromatic hydroxyl groups is 1. The van der Waals surface area contributed by atoms with E-state index in [-0.39, 0.29) is 17.1 Å². The number of nitrogens with one attached hydrogen (secondary N) is 2. The predicted molar refractivity (Wildman–Crippen MR) is 111 cm³/mol. The zero-order valence-electron chi connectivity index (χ0n) is 16.3. The molecule has 0 aliphatic carbocycles. The Hall–Kier alpha value is -3.41. The molecule has 0 saturated heterocycles. The van der Waals surface area contributed by atoms with Gasteiger partial charge in [-0.25, -0.2) is 0 Å². The lowest BCUT2D eigenvalue weighted by Crippen LogP contribution is -2.32. The van der Waals surface area contributed by atoms with Crippen molar-refractivity contribution in [3.8, 4) is 5.88 Å². The number of azo groups is 1. The van der Waals surface area contributed by atoms with Crippen LogP contribution in [-0.4, -0.2) is 21.5 Å². The highest BCUT2D eigenvalue weighted by Gasteiger charge is 2.27. The highest BCUT2D eigenvalue weighted by Crippen LogP contribution is 2.38. The Balaban J connectivity index is 1.76. The van der Waals surface area contributed by atoms with E-state index in [4.69, 9.17) is 0 Å². The van der Waals surface area contributed by atoms with Crippen molar-refractivity contribution >= 4 is 33.8 Å². The first-order valence-corrected chi connectivity index (χ1v) is 9.13. The number of para-hydroxylation sites is 1. The summed E-state index contributed by atoms with van der Waals surface area (Å²) in [5, 5.41) is 22.2. The number of benzene rings is 2. The molecule has 2 heterocycles. The second-order valence-electron chi connectivity index (χ2n) is 7.78. The van der Waals surface area contributed by atoms with E-state index in [1.807, 2.05) is 44.2 Å². The molecule has 2 aromatic carbocycles. The number of allylic oxidation sites excluding steroid dienone is 1. The number of H-pyrrole nitrogens is 1. The molecule has 0 fully saturated rings. The number of aromatic nitrogens is 1. The Morgan fingerprint density at radius 1 is 1.14 bits per heavy atom. The second-order valence-corrected chi connectivity index (χ2v) is 7.78. The van der Waals surface area contributed by atoms with Gasteiger partial charge in [0.15, 0.2) is 5.69 Å². The predicted octanol–water partition coefficient (Wildman–Crippen LogP) is 5.71. The lowest BCUT2D eigenvalue weighted by atomic mass is 9.88. The van der Waals surface area contributed by atoms with Gasteiger partial charge in [-0.2, -0.15) is 0 Å². The van der Waals surface area contributed by atoms with E-state index >= 15 is 0 Å². The summed E-state index contributed by atoms with van der Waals surface area (Å²) in [5.41, 5.74) is 5.04. The molecule has 3 aromatic rings. The average molecular weight is 374 g/mol. The topological polar surface area (TPSA) is 89.8 Å². The van der Waals surface area contributed by atoms with Crippen LogP contribution in [0.5, 0.6) is 5.88 Å². The van der Waals surface area contributed by atoms with Crippen molar-refractivity contribution in [1.82, 2.24) is 4.98 Å². The molecule has 0 unspecified atom stereocenters. The van der Waals surface area contributed by atoms with Crippen LogP contribution in [0.1, 0.15) is 42.3 Å². The van der Waals surface area contributed by atoms with E-state index in [9.17, 15) is 9.90 Å². The summed E-state index contributed by atoms with van der Waals surface area (Å²) in [4.78, 5) is 15.8. The van der Waals surface area contributed by atoms with E-state index in [1.165, 1.54) is 0 Å². The molecule has 1 amide bonds. The van der Waals surface area contributed by atoms with Crippen molar-refractivity contribution in [2.24, 2.45) is 10.2 Å². The van der Waals surface area contributed by atoms with Crippen LogP contribution in [0.25, 0.3) is 16.5 Å². The van der Waals surface area contributed by atoms with Gasteiger partial charge in [0.25, 0.3) is 5.91 Å². The fourth-order valence-electron chi connectivity index (χ4n) is 3.74. The molecule has 6 nitrogen and oxygen atoms in total. The first-order chi connectivity index (χ1) is 13.2. The molecule has 0 bridgehead atoms. The van der Waals surface area contributed by atoms with Gasteiger partial charge in [-0.1, -0.05) is 24.3 Å². The monoisotopic (exact) mass is 374 g/mol. The number of amides is 1. The number of rotatable bonds is 2. The molecule has 28 heavy (non-hydrogen) atoms. The molecule has 1 aliphatic rings. The van der Waals surface area contributed by atoms with Crippen molar-refractivity contribution in [2.75, 3.05) is 5.32 Å². The van der Waals surface area contributed by atoms with Crippen molar-refractivity contribution in [3.63, 3.8) is 0 Å². The molecule has 142 valence electrons. The van der Waals surface area contributed by atoms with Crippen molar-refractivity contribution in [3.05, 3.63) is 59.2 Å². The standard InChI is InChI=1S/C22H22N4O2/c1-12-9-15-13(2)11-22(3,4)24-18(15)16(10-12)20(27)26-25-19-14-7-5-6-8-17(14)23-21(19)28/h5-11,23-24,28H,1-4H3. The van der Waals surface area contributed by atoms with Crippen LogP contribution in [0.4, 0.5) is 11.4 Å². The quantitative estimate of drug-likeness (QED) is 0.502. The first-order valence-electron chi connectivity index (χ1n) is 9.13. The minimum absolute atomic E-state index is 0.109. The molecular formula is C22H22N4O2. The number of aromatic amines is 1. The molecule has 4 rings (SSSR count). The second kappa shape index (κ2) is 6.34. The molecule has 6 heteroatoms. The third kappa shape index (κ3) is 3.07. The van der Waals surface area contributed by atoms with Crippen LogP contribution in [0.3, 0.4) is 0 Å². The van der Waals surface area contributed by atoms with E-state index in [0.717, 1.165) is 27.9 Å². The van der Waals surface area contributed by atoms with E-state index in [0.29, 0.717) is 10.9 Å². The Morgan fingerprint density at radius 3 is 2.68 bits per heavy atom. The van der Waals surface area contributed by atoms with Crippen molar-refractivity contribution < 1.29 is 9.90 Å². The maximum Gasteiger partial charge on any atom is 0.297 e. The minimum Gasteiger partial charge on any atom is -0.493 e. The van der Waals surface area contributed by atoms with Gasteiger partial charge >= 0.3 is 0 Å². The molecular weight excluding hydrogens is 352 g/mol. The van der Waals surface area contributed by atoms with Crippen LogP contribution < -0.4 is 5.32 Å². The summed E-state index contributed by atoms with van der Waals surface area (Å²) in [6.07, 6.45) is 2.15. The van der Waals surface area contributed by atoms with Crippen LogP contribution in [-0.2, 0) is 0 Å².